The number of nitrogens with one attached hydrogen (secondary N) is 1. The van der Waals surface area contributed by atoms with Crippen molar-refractivity contribution in [2.75, 3.05) is 25.5 Å². The van der Waals surface area contributed by atoms with E-state index in [0.717, 1.165) is 12.8 Å². The van der Waals surface area contributed by atoms with Crippen LogP contribution in [0.15, 0.2) is 18.2 Å². The first-order chi connectivity index (χ1) is 12.4. The van der Waals surface area contributed by atoms with Crippen LogP contribution in [0, 0.1) is 11.8 Å². The lowest BCUT2D eigenvalue weighted by atomic mass is 10.2. The highest BCUT2D eigenvalue weighted by Crippen LogP contribution is 2.41. The van der Waals surface area contributed by atoms with E-state index in [1.54, 1.807) is 0 Å². The summed E-state index contributed by atoms with van der Waals surface area (Å²) in [5.41, 5.74) is 0.643. The molecule has 2 rings (SSSR count). The number of anilines is 1. The maximum absolute atomic E-state index is 12.6. The van der Waals surface area contributed by atoms with E-state index in [1.807, 2.05) is 18.7 Å². The zero-order valence-corrected chi connectivity index (χ0v) is 16.1. The molecule has 7 heteroatoms. The summed E-state index contributed by atoms with van der Waals surface area (Å²) in [6.07, 6.45) is 2.33. The minimum absolute atomic E-state index is 0.0447. The van der Waals surface area contributed by atoms with Crippen LogP contribution in [0.25, 0.3) is 0 Å². The second-order valence-corrected chi connectivity index (χ2v) is 6.86. The number of rotatable bonds is 8. The second kappa shape index (κ2) is 9.03. The molecule has 2 amide bonds. The summed E-state index contributed by atoms with van der Waals surface area (Å²) in [7, 11) is 1.29. The SMILES string of the molecule is CCCN(CCC)C(=O)C1CC1C(=O)Nc1cc(C(=O)OC)ccc1Cl. The smallest absolute Gasteiger partial charge is 0.337 e. The molecule has 0 spiro atoms. The Hall–Kier alpha value is -2.08. The topological polar surface area (TPSA) is 75.7 Å². The molecular weight excluding hydrogens is 356 g/mol. The molecule has 2 unspecified atom stereocenters. The third-order valence-electron chi connectivity index (χ3n) is 4.39. The van der Waals surface area contributed by atoms with Gasteiger partial charge < -0.3 is 15.0 Å². The van der Waals surface area contributed by atoms with E-state index in [4.69, 9.17) is 11.6 Å². The molecule has 0 radical (unpaired) electrons. The number of halogens is 1. The molecule has 0 heterocycles. The van der Waals surface area contributed by atoms with Gasteiger partial charge in [-0.3, -0.25) is 9.59 Å². The third-order valence-corrected chi connectivity index (χ3v) is 4.72. The van der Waals surface area contributed by atoms with Gasteiger partial charge in [0.05, 0.1) is 35.2 Å². The summed E-state index contributed by atoms with van der Waals surface area (Å²) >= 11 is 6.10. The van der Waals surface area contributed by atoms with Crippen LogP contribution in [0.5, 0.6) is 0 Å². The van der Waals surface area contributed by atoms with Crippen molar-refractivity contribution in [3.05, 3.63) is 28.8 Å². The molecule has 142 valence electrons. The Morgan fingerprint density at radius 1 is 1.19 bits per heavy atom. The van der Waals surface area contributed by atoms with Gasteiger partial charge in [0.1, 0.15) is 0 Å². The fourth-order valence-electron chi connectivity index (χ4n) is 2.96. The van der Waals surface area contributed by atoms with Crippen molar-refractivity contribution in [3.63, 3.8) is 0 Å². The van der Waals surface area contributed by atoms with Crippen LogP contribution in [-0.2, 0) is 14.3 Å². The van der Waals surface area contributed by atoms with Crippen LogP contribution >= 0.6 is 11.6 Å². The van der Waals surface area contributed by atoms with Crippen LogP contribution in [-0.4, -0.2) is 42.9 Å². The Balaban J connectivity index is 2.01. The van der Waals surface area contributed by atoms with Gasteiger partial charge in [0.25, 0.3) is 0 Å². The minimum atomic E-state index is -0.508. The van der Waals surface area contributed by atoms with E-state index in [9.17, 15) is 14.4 Å². The van der Waals surface area contributed by atoms with Crippen molar-refractivity contribution in [3.8, 4) is 0 Å². The normalized spacial score (nSPS) is 18.2. The number of methoxy groups -OCH3 is 1. The largest absolute Gasteiger partial charge is 0.465 e. The predicted octanol–water partition coefficient (Wildman–Crippen LogP) is 3.35. The zero-order valence-electron chi connectivity index (χ0n) is 15.4. The average Bonchev–Trinajstić information content (AvgIpc) is 3.43. The summed E-state index contributed by atoms with van der Waals surface area (Å²) in [4.78, 5) is 38.5. The molecule has 1 aliphatic carbocycles. The van der Waals surface area contributed by atoms with Gasteiger partial charge in [0, 0.05) is 13.1 Å². The summed E-state index contributed by atoms with van der Waals surface area (Å²) in [6, 6.07) is 4.54. The lowest BCUT2D eigenvalue weighted by Crippen LogP contribution is -2.34. The quantitative estimate of drug-likeness (QED) is 0.702. The number of amides is 2. The molecule has 1 aromatic carbocycles. The Bertz CT molecular complexity index is 686. The molecule has 0 bridgehead atoms. The van der Waals surface area contributed by atoms with E-state index < -0.39 is 5.97 Å². The monoisotopic (exact) mass is 380 g/mol. The summed E-state index contributed by atoms with van der Waals surface area (Å²) in [6.45, 7) is 5.49. The van der Waals surface area contributed by atoms with Gasteiger partial charge in [-0.1, -0.05) is 25.4 Å². The lowest BCUT2D eigenvalue weighted by molar-refractivity contribution is -0.134. The number of ether oxygens (including phenoxy) is 1. The number of nitrogens with zero attached hydrogens (tertiary/aromatic N) is 1. The standard InChI is InChI=1S/C19H25ClN2O4/c1-4-8-22(9-5-2)18(24)14-11-13(14)17(23)21-16-10-12(19(25)26-3)6-7-15(16)20/h6-7,10,13-14H,4-5,8-9,11H2,1-3H3,(H,21,23). The molecule has 1 N–H and O–H groups in total. The molecule has 26 heavy (non-hydrogen) atoms. The van der Waals surface area contributed by atoms with Crippen LogP contribution < -0.4 is 5.32 Å². The number of hydrogen-bond acceptors (Lipinski definition) is 4. The molecule has 1 fully saturated rings. The van der Waals surface area contributed by atoms with E-state index in [0.29, 0.717) is 35.8 Å². The lowest BCUT2D eigenvalue weighted by Gasteiger charge is -2.21. The Morgan fingerprint density at radius 2 is 1.85 bits per heavy atom. The molecule has 1 aromatic rings. The first-order valence-corrected chi connectivity index (χ1v) is 9.28. The molecule has 6 nitrogen and oxygen atoms in total. The van der Waals surface area contributed by atoms with Crippen LogP contribution in [0.2, 0.25) is 5.02 Å². The van der Waals surface area contributed by atoms with Crippen molar-refractivity contribution in [1.82, 2.24) is 4.90 Å². The van der Waals surface area contributed by atoms with Crippen molar-refractivity contribution >= 4 is 35.1 Å². The molecule has 0 saturated heterocycles. The molecule has 1 saturated carbocycles. The first-order valence-electron chi connectivity index (χ1n) is 8.90. The highest BCUT2D eigenvalue weighted by Gasteiger charge is 2.49. The highest BCUT2D eigenvalue weighted by atomic mass is 35.5. The minimum Gasteiger partial charge on any atom is -0.465 e. The highest BCUT2D eigenvalue weighted by molar-refractivity contribution is 6.34. The number of carbonyl (C=O) groups excluding carboxylic acids is 3. The number of esters is 1. The zero-order chi connectivity index (χ0) is 19.3. The fraction of sp³-hybridized carbons (Fsp3) is 0.526. The van der Waals surface area contributed by atoms with E-state index >= 15 is 0 Å². The molecule has 0 aliphatic heterocycles. The summed E-state index contributed by atoms with van der Waals surface area (Å²) in [5, 5.41) is 3.06. The van der Waals surface area contributed by atoms with E-state index in [1.165, 1.54) is 25.3 Å². The van der Waals surface area contributed by atoms with Gasteiger partial charge in [-0.05, 0) is 37.5 Å². The molecular formula is C19H25ClN2O4. The first kappa shape index (κ1) is 20.2. The van der Waals surface area contributed by atoms with Gasteiger partial charge in [0.15, 0.2) is 0 Å². The second-order valence-electron chi connectivity index (χ2n) is 6.45. The number of carbonyl (C=O) groups is 3. The Kier molecular flexibility index (Phi) is 7.03. The third kappa shape index (κ3) is 4.75. The molecule has 0 aromatic heterocycles. The predicted molar refractivity (Wildman–Crippen MR) is 100 cm³/mol. The van der Waals surface area contributed by atoms with E-state index in [2.05, 4.69) is 10.1 Å². The van der Waals surface area contributed by atoms with Crippen molar-refractivity contribution in [2.45, 2.75) is 33.1 Å². The van der Waals surface area contributed by atoms with Gasteiger partial charge >= 0.3 is 5.97 Å². The van der Waals surface area contributed by atoms with Gasteiger partial charge in [-0.15, -0.1) is 0 Å². The van der Waals surface area contributed by atoms with E-state index in [-0.39, 0.29) is 23.7 Å². The number of hydrogen-bond donors (Lipinski definition) is 1. The number of benzene rings is 1. The maximum Gasteiger partial charge on any atom is 0.337 e. The van der Waals surface area contributed by atoms with Crippen molar-refractivity contribution in [1.29, 1.82) is 0 Å². The van der Waals surface area contributed by atoms with Crippen LogP contribution in [0.1, 0.15) is 43.5 Å². The molecule has 1 aliphatic rings. The van der Waals surface area contributed by atoms with Gasteiger partial charge in [0.2, 0.25) is 11.8 Å². The van der Waals surface area contributed by atoms with Crippen molar-refractivity contribution in [2.24, 2.45) is 11.8 Å². The van der Waals surface area contributed by atoms with Crippen LogP contribution in [0.4, 0.5) is 5.69 Å². The summed E-state index contributed by atoms with van der Waals surface area (Å²) < 4.78 is 4.67. The van der Waals surface area contributed by atoms with Crippen LogP contribution in [0.3, 0.4) is 0 Å². The summed E-state index contributed by atoms with van der Waals surface area (Å²) in [5.74, 6) is -1.33. The average molecular weight is 381 g/mol. The molecule has 2 atom stereocenters. The van der Waals surface area contributed by atoms with Gasteiger partial charge in [-0.25, -0.2) is 4.79 Å². The van der Waals surface area contributed by atoms with Crippen molar-refractivity contribution < 1.29 is 19.1 Å². The Morgan fingerprint density at radius 3 is 2.42 bits per heavy atom. The maximum atomic E-state index is 12.6. The fourth-order valence-corrected chi connectivity index (χ4v) is 3.12. The Labute approximate surface area is 158 Å². The van der Waals surface area contributed by atoms with Gasteiger partial charge in [-0.2, -0.15) is 0 Å².